The maximum absolute atomic E-state index is 14.2. The summed E-state index contributed by atoms with van der Waals surface area (Å²) in [6, 6.07) is 24.8. The fourth-order valence-electron chi connectivity index (χ4n) is 11.2. The number of carbonyl (C=O) groups is 6. The first-order valence-corrected chi connectivity index (χ1v) is 30.5. The molecule has 5 atom stereocenters. The van der Waals surface area contributed by atoms with Crippen molar-refractivity contribution in [3.8, 4) is 0 Å². The van der Waals surface area contributed by atoms with E-state index < -0.39 is 57.5 Å². The maximum atomic E-state index is 14.2. The highest BCUT2D eigenvalue weighted by atomic mass is 16.6. The molecule has 3 saturated heterocycles. The largest absolute Gasteiger partial charge is 0.460 e. The summed E-state index contributed by atoms with van der Waals surface area (Å²) in [7, 11) is 0. The van der Waals surface area contributed by atoms with Crippen LogP contribution in [-0.4, -0.2) is 129 Å². The molecule has 3 heterocycles. The van der Waals surface area contributed by atoms with Gasteiger partial charge in [-0.25, -0.2) is 19.2 Å². The summed E-state index contributed by atoms with van der Waals surface area (Å²) in [6.07, 6.45) is 3.38. The lowest BCUT2D eigenvalue weighted by Crippen LogP contribution is -2.38. The molecule has 0 saturated carbocycles. The second-order valence-corrected chi connectivity index (χ2v) is 29.7. The molecule has 0 radical (unpaired) electrons. The smallest absolute Gasteiger partial charge is 0.410 e. The molecule has 0 bridgehead atoms. The molecule has 3 aliphatic rings. The van der Waals surface area contributed by atoms with Crippen LogP contribution in [-0.2, 0) is 75.3 Å². The number of esters is 3. The van der Waals surface area contributed by atoms with Crippen LogP contribution in [0.2, 0.25) is 0 Å². The zero-order chi connectivity index (χ0) is 63.0. The minimum Gasteiger partial charge on any atom is -0.460 e. The van der Waals surface area contributed by atoms with Gasteiger partial charge in [0.25, 0.3) is 0 Å². The quantitative estimate of drug-likeness (QED) is 0.0711. The van der Waals surface area contributed by atoms with E-state index in [2.05, 4.69) is 41.3 Å². The van der Waals surface area contributed by atoms with Gasteiger partial charge in [0, 0.05) is 70.4 Å². The molecule has 0 N–H and O–H groups in total. The van der Waals surface area contributed by atoms with Gasteiger partial charge in [0.05, 0.1) is 11.8 Å². The Bertz CT molecular complexity index is 2730. The summed E-state index contributed by atoms with van der Waals surface area (Å²) < 4.78 is 35.3. The van der Waals surface area contributed by atoms with Crippen molar-refractivity contribution in [2.75, 3.05) is 39.3 Å². The van der Waals surface area contributed by atoms with Crippen LogP contribution in [0.15, 0.2) is 78.4 Å². The predicted molar refractivity (Wildman–Crippen MR) is 330 cm³/mol. The standard InChI is InChI=1S/C69H100N4O12/c1-64(2,3)80-58(74)55(52-28-31-71(43-52)61(77)83-67(10,11)12)37-46-22-19-25-49(34-46)40-70(41-50-26-20-23-47(35-50)38-56(59(75)81-65(4,5)6)53-29-32-72(44-53)62(78)84-68(13,14)15)42-51-27-21-24-48(36-51)39-57(60(76)82-66(7,8)9)54-30-33-73(45-54)63(79)85-69(16,17)18/h19-27,34-37,52-54,56-57H,28-33,38-45H2,1-18H3/b55-37+/t52-,53-,54-,56-,57-/m0/s1. The average Bonchev–Trinajstić information content (AvgIpc) is 4.37. The fraction of sp³-hybridized carbons (Fsp3) is 0.623. The van der Waals surface area contributed by atoms with Crippen LogP contribution < -0.4 is 0 Å². The van der Waals surface area contributed by atoms with E-state index in [0.717, 1.165) is 33.4 Å². The number of amides is 3. The van der Waals surface area contributed by atoms with Crippen LogP contribution in [0.1, 0.15) is 177 Å². The van der Waals surface area contributed by atoms with E-state index in [9.17, 15) is 28.8 Å². The highest BCUT2D eigenvalue weighted by molar-refractivity contribution is 5.95. The Kier molecular flexibility index (Phi) is 21.9. The Morgan fingerprint density at radius 3 is 1.18 bits per heavy atom. The molecular formula is C69H100N4O12. The van der Waals surface area contributed by atoms with Gasteiger partial charge in [0.2, 0.25) is 0 Å². The van der Waals surface area contributed by atoms with Crippen molar-refractivity contribution in [1.29, 1.82) is 0 Å². The fourth-order valence-corrected chi connectivity index (χ4v) is 11.2. The van der Waals surface area contributed by atoms with Crippen LogP contribution >= 0.6 is 0 Å². The van der Waals surface area contributed by atoms with Crippen LogP contribution in [0.4, 0.5) is 14.4 Å². The van der Waals surface area contributed by atoms with Crippen molar-refractivity contribution in [3.63, 3.8) is 0 Å². The van der Waals surface area contributed by atoms with E-state index in [1.54, 1.807) is 14.7 Å². The van der Waals surface area contributed by atoms with E-state index >= 15 is 0 Å². The predicted octanol–water partition coefficient (Wildman–Crippen LogP) is 13.4. The summed E-state index contributed by atoms with van der Waals surface area (Å²) >= 11 is 0. The van der Waals surface area contributed by atoms with Gasteiger partial charge in [-0.3, -0.25) is 14.5 Å². The lowest BCUT2D eigenvalue weighted by Gasteiger charge is -2.28. The first kappa shape index (κ1) is 67.7. The van der Waals surface area contributed by atoms with Crippen molar-refractivity contribution in [2.24, 2.45) is 29.6 Å². The number of hydrogen-bond donors (Lipinski definition) is 0. The van der Waals surface area contributed by atoms with Gasteiger partial charge >= 0.3 is 36.2 Å². The summed E-state index contributed by atoms with van der Waals surface area (Å²) in [5.74, 6) is -2.61. The second kappa shape index (κ2) is 27.5. The SMILES string of the molecule is CC(C)(C)OC(=O)/C(=C/c1cccc(CN(Cc2cccc(C[C@H](C(=O)OC(C)(C)C)[C@H]3CCN(C(=O)OC(C)(C)C)C3)c2)Cc2cccc(C[C@H](C(=O)OC(C)(C)C)[C@H]3CCN(C(=O)OC(C)(C)C)C3)c2)c1)[C@H]1CCN(C(=O)OC(C)(C)C)C1. The van der Waals surface area contributed by atoms with Crippen molar-refractivity contribution in [3.05, 3.63) is 112 Å². The second-order valence-electron chi connectivity index (χ2n) is 29.7. The van der Waals surface area contributed by atoms with E-state index in [1.165, 1.54) is 0 Å². The van der Waals surface area contributed by atoms with Crippen LogP contribution in [0, 0.1) is 29.6 Å². The number of benzene rings is 3. The van der Waals surface area contributed by atoms with Gasteiger partial charge in [-0.15, -0.1) is 0 Å². The lowest BCUT2D eigenvalue weighted by molar-refractivity contribution is -0.163. The Labute approximate surface area is 507 Å². The number of nitrogens with zero attached hydrogens (tertiary/aromatic N) is 4. The number of ether oxygens (including phenoxy) is 6. The maximum Gasteiger partial charge on any atom is 0.410 e. The lowest BCUT2D eigenvalue weighted by atomic mass is 9.85. The highest BCUT2D eigenvalue weighted by Gasteiger charge is 2.42. The monoisotopic (exact) mass is 1180 g/mol. The highest BCUT2D eigenvalue weighted by Crippen LogP contribution is 2.35. The van der Waals surface area contributed by atoms with E-state index in [-0.39, 0.29) is 41.9 Å². The number of carbonyl (C=O) groups excluding carboxylic acids is 6. The molecule has 16 nitrogen and oxygen atoms in total. The average molecular weight is 1180 g/mol. The normalized spacial score (nSPS) is 18.9. The molecule has 0 aliphatic carbocycles. The Morgan fingerprint density at radius 1 is 0.447 bits per heavy atom. The van der Waals surface area contributed by atoms with Gasteiger partial charge in [0.15, 0.2) is 0 Å². The van der Waals surface area contributed by atoms with Crippen LogP contribution in [0.5, 0.6) is 0 Å². The third-order valence-electron chi connectivity index (χ3n) is 14.6. The van der Waals surface area contributed by atoms with Gasteiger partial charge < -0.3 is 43.1 Å². The molecule has 3 amide bonds. The van der Waals surface area contributed by atoms with Crippen LogP contribution in [0.25, 0.3) is 6.08 Å². The minimum atomic E-state index is -0.747. The van der Waals surface area contributed by atoms with E-state index in [4.69, 9.17) is 28.4 Å². The molecule has 6 rings (SSSR count). The molecule has 0 unspecified atom stereocenters. The third kappa shape index (κ3) is 22.4. The molecule has 85 heavy (non-hydrogen) atoms. The topological polar surface area (TPSA) is 171 Å². The Balaban J connectivity index is 1.34. The molecule has 3 fully saturated rings. The molecule has 16 heteroatoms. The molecule has 3 aliphatic heterocycles. The van der Waals surface area contributed by atoms with Crippen molar-refractivity contribution < 1.29 is 57.2 Å². The summed E-state index contributed by atoms with van der Waals surface area (Å²) in [5, 5.41) is 0. The molecule has 468 valence electrons. The Morgan fingerprint density at radius 2 is 0.788 bits per heavy atom. The first-order chi connectivity index (χ1) is 39.2. The molecule has 3 aromatic carbocycles. The van der Waals surface area contributed by atoms with E-state index in [0.29, 0.717) is 96.6 Å². The van der Waals surface area contributed by atoms with Crippen molar-refractivity contribution >= 4 is 42.3 Å². The molecule has 0 spiro atoms. The zero-order valence-electron chi connectivity index (χ0n) is 54.5. The summed E-state index contributed by atoms with van der Waals surface area (Å²) in [4.78, 5) is 89.5. The Hall–Kier alpha value is -6.42. The first-order valence-electron chi connectivity index (χ1n) is 30.5. The molecule has 3 aromatic rings. The van der Waals surface area contributed by atoms with Gasteiger partial charge in [-0.2, -0.15) is 0 Å². The van der Waals surface area contributed by atoms with E-state index in [1.807, 2.05) is 167 Å². The molecular weight excluding hydrogens is 1080 g/mol. The third-order valence-corrected chi connectivity index (χ3v) is 14.6. The number of likely N-dealkylation sites (tertiary alicyclic amines) is 3. The summed E-state index contributed by atoms with van der Waals surface area (Å²) in [5.41, 5.74) is 2.15. The minimum absolute atomic E-state index is 0.142. The van der Waals surface area contributed by atoms with Gasteiger partial charge in [0.1, 0.15) is 33.6 Å². The summed E-state index contributed by atoms with van der Waals surface area (Å²) in [6.45, 7) is 37.4. The van der Waals surface area contributed by atoms with Crippen molar-refractivity contribution in [1.82, 2.24) is 19.6 Å². The van der Waals surface area contributed by atoms with Gasteiger partial charge in [-0.05, 0) is 208 Å². The number of rotatable bonds is 17. The van der Waals surface area contributed by atoms with Gasteiger partial charge in [-0.1, -0.05) is 72.8 Å². The zero-order valence-corrected chi connectivity index (χ0v) is 54.5. The molecule has 0 aromatic heterocycles. The van der Waals surface area contributed by atoms with Crippen molar-refractivity contribution in [2.45, 2.75) is 210 Å². The van der Waals surface area contributed by atoms with Crippen LogP contribution in [0.3, 0.4) is 0 Å². The number of hydrogen-bond acceptors (Lipinski definition) is 13.